The molecule has 1 N–H and O–H groups in total. The number of nitrogens with zero attached hydrogens (tertiary/aromatic N) is 1. The third-order valence-corrected chi connectivity index (χ3v) is 6.00. The number of amides is 1. The fraction of sp³-hybridized carbons (Fsp3) is 0.600. The van der Waals surface area contributed by atoms with E-state index in [1.807, 2.05) is 4.90 Å². The molecule has 1 aromatic heterocycles. The van der Waals surface area contributed by atoms with E-state index in [9.17, 15) is 19.2 Å². The molecule has 1 aromatic rings. The average Bonchev–Trinajstić information content (AvgIpc) is 2.98. The van der Waals surface area contributed by atoms with E-state index in [4.69, 9.17) is 9.47 Å². The Bertz CT molecular complexity index is 788. The van der Waals surface area contributed by atoms with Crippen molar-refractivity contribution >= 4 is 40.0 Å². The van der Waals surface area contributed by atoms with Gasteiger partial charge in [0.05, 0.1) is 36.1 Å². The smallest absolute Gasteiger partial charge is 0.341 e. The van der Waals surface area contributed by atoms with Crippen LogP contribution in [0.15, 0.2) is 0 Å². The van der Waals surface area contributed by atoms with Crippen LogP contribution in [-0.4, -0.2) is 61.4 Å². The largest absolute Gasteiger partial charge is 0.466 e. The molecule has 1 atom stereocenters. The first-order chi connectivity index (χ1) is 13.8. The zero-order chi connectivity index (χ0) is 21.6. The zero-order valence-electron chi connectivity index (χ0n) is 17.3. The van der Waals surface area contributed by atoms with Crippen molar-refractivity contribution < 1.29 is 28.7 Å². The fourth-order valence-corrected chi connectivity index (χ4v) is 4.51. The molecule has 1 saturated heterocycles. The molecule has 1 unspecified atom stereocenters. The number of ether oxygens (including phenoxy) is 2. The van der Waals surface area contributed by atoms with Gasteiger partial charge in [0.2, 0.25) is 5.91 Å². The molecule has 0 spiro atoms. The van der Waals surface area contributed by atoms with Crippen LogP contribution in [0.4, 0.5) is 5.00 Å². The van der Waals surface area contributed by atoms with Crippen molar-refractivity contribution in [2.45, 2.75) is 40.5 Å². The molecule has 8 nitrogen and oxygen atoms in total. The summed E-state index contributed by atoms with van der Waals surface area (Å²) >= 11 is 1.08. The number of Topliss-reactive ketones (excluding diaryl/α,β-unsaturated/α-hetero) is 1. The molecular formula is C20H28N2O6S. The molecule has 1 fully saturated rings. The van der Waals surface area contributed by atoms with Gasteiger partial charge in [-0.25, -0.2) is 4.79 Å². The predicted octanol–water partition coefficient (Wildman–Crippen LogP) is 2.65. The predicted molar refractivity (Wildman–Crippen MR) is 109 cm³/mol. The standard InChI is InChI=1S/C20H28N2O6S/c1-5-27-19(25)14-8-7-9-22(10-14)11-15(24)21-18-16(20(26)28-6-2)12(3)17(29-18)13(4)23/h14H,5-11H2,1-4H3,(H,21,24). The van der Waals surface area contributed by atoms with E-state index in [0.29, 0.717) is 35.1 Å². The van der Waals surface area contributed by atoms with Crippen LogP contribution in [0.25, 0.3) is 0 Å². The highest BCUT2D eigenvalue weighted by atomic mass is 32.1. The number of thiophene rings is 1. The Morgan fingerprint density at radius 1 is 1.17 bits per heavy atom. The van der Waals surface area contributed by atoms with Gasteiger partial charge in [0.1, 0.15) is 5.00 Å². The summed E-state index contributed by atoms with van der Waals surface area (Å²) in [5.74, 6) is -1.52. The molecular weight excluding hydrogens is 396 g/mol. The van der Waals surface area contributed by atoms with Crippen molar-refractivity contribution in [2.24, 2.45) is 5.92 Å². The van der Waals surface area contributed by atoms with E-state index in [-0.39, 0.29) is 42.3 Å². The summed E-state index contributed by atoms with van der Waals surface area (Å²) < 4.78 is 10.2. The van der Waals surface area contributed by atoms with E-state index in [1.165, 1.54) is 6.92 Å². The van der Waals surface area contributed by atoms with Crippen LogP contribution >= 0.6 is 11.3 Å². The van der Waals surface area contributed by atoms with Crippen molar-refractivity contribution in [2.75, 3.05) is 38.2 Å². The van der Waals surface area contributed by atoms with Crippen LogP contribution in [0.2, 0.25) is 0 Å². The van der Waals surface area contributed by atoms with E-state index in [2.05, 4.69) is 5.32 Å². The van der Waals surface area contributed by atoms with E-state index in [1.54, 1.807) is 20.8 Å². The van der Waals surface area contributed by atoms with Crippen LogP contribution in [0.1, 0.15) is 59.2 Å². The molecule has 2 rings (SSSR count). The Kier molecular flexibility index (Phi) is 8.33. The van der Waals surface area contributed by atoms with Crippen LogP contribution in [-0.2, 0) is 19.1 Å². The lowest BCUT2D eigenvalue weighted by Crippen LogP contribution is -2.43. The molecule has 160 valence electrons. The van der Waals surface area contributed by atoms with Gasteiger partial charge in [0.25, 0.3) is 0 Å². The monoisotopic (exact) mass is 424 g/mol. The van der Waals surface area contributed by atoms with Crippen molar-refractivity contribution in [1.29, 1.82) is 0 Å². The van der Waals surface area contributed by atoms with Crippen LogP contribution in [0.3, 0.4) is 0 Å². The number of carbonyl (C=O) groups is 4. The second-order valence-corrected chi connectivity index (χ2v) is 7.93. The number of nitrogens with one attached hydrogen (secondary N) is 1. The minimum Gasteiger partial charge on any atom is -0.466 e. The highest BCUT2D eigenvalue weighted by Gasteiger charge is 2.29. The maximum Gasteiger partial charge on any atom is 0.341 e. The number of esters is 2. The van der Waals surface area contributed by atoms with Crippen molar-refractivity contribution in [1.82, 2.24) is 4.90 Å². The van der Waals surface area contributed by atoms with Crippen molar-refractivity contribution in [3.63, 3.8) is 0 Å². The number of anilines is 1. The minimum absolute atomic E-state index is 0.0878. The van der Waals surface area contributed by atoms with Gasteiger partial charge in [-0.1, -0.05) is 0 Å². The Morgan fingerprint density at radius 2 is 1.86 bits per heavy atom. The lowest BCUT2D eigenvalue weighted by Gasteiger charge is -2.30. The van der Waals surface area contributed by atoms with E-state index in [0.717, 1.165) is 24.2 Å². The normalized spacial score (nSPS) is 16.9. The molecule has 1 aliphatic heterocycles. The van der Waals surface area contributed by atoms with Gasteiger partial charge < -0.3 is 14.8 Å². The quantitative estimate of drug-likeness (QED) is 0.505. The highest BCUT2D eigenvalue weighted by Crippen LogP contribution is 2.34. The molecule has 2 heterocycles. The fourth-order valence-electron chi connectivity index (χ4n) is 3.41. The molecule has 9 heteroatoms. The Hall–Kier alpha value is -2.26. The second-order valence-electron chi connectivity index (χ2n) is 6.91. The summed E-state index contributed by atoms with van der Waals surface area (Å²) in [5.41, 5.74) is 0.732. The molecule has 0 saturated carbocycles. The number of carbonyl (C=O) groups excluding carboxylic acids is 4. The maximum atomic E-state index is 12.6. The number of piperidine rings is 1. The lowest BCUT2D eigenvalue weighted by molar-refractivity contribution is -0.150. The van der Waals surface area contributed by atoms with Gasteiger partial charge in [-0.05, 0) is 52.6 Å². The topological polar surface area (TPSA) is 102 Å². The van der Waals surface area contributed by atoms with Crippen molar-refractivity contribution in [3.8, 4) is 0 Å². The molecule has 1 aliphatic rings. The van der Waals surface area contributed by atoms with Crippen LogP contribution < -0.4 is 5.32 Å². The van der Waals surface area contributed by atoms with Gasteiger partial charge in [-0.2, -0.15) is 0 Å². The summed E-state index contributed by atoms with van der Waals surface area (Å²) in [6, 6.07) is 0. The molecule has 0 aliphatic carbocycles. The van der Waals surface area contributed by atoms with E-state index < -0.39 is 5.97 Å². The first-order valence-corrected chi connectivity index (χ1v) is 10.6. The highest BCUT2D eigenvalue weighted by molar-refractivity contribution is 7.18. The number of ketones is 1. The summed E-state index contributed by atoms with van der Waals surface area (Å²) in [5, 5.41) is 3.07. The Labute approximate surface area is 174 Å². The first kappa shape index (κ1) is 23.0. The molecule has 0 bridgehead atoms. The third-order valence-electron chi connectivity index (χ3n) is 4.69. The Balaban J connectivity index is 2.10. The number of rotatable bonds is 8. The number of hydrogen-bond acceptors (Lipinski definition) is 8. The molecule has 29 heavy (non-hydrogen) atoms. The average molecular weight is 425 g/mol. The number of hydrogen-bond donors (Lipinski definition) is 1. The Morgan fingerprint density at radius 3 is 2.48 bits per heavy atom. The summed E-state index contributed by atoms with van der Waals surface area (Å²) in [6.07, 6.45) is 1.55. The molecule has 1 amide bonds. The van der Waals surface area contributed by atoms with Gasteiger partial charge in [-0.3, -0.25) is 19.3 Å². The first-order valence-electron chi connectivity index (χ1n) is 9.78. The van der Waals surface area contributed by atoms with Gasteiger partial charge in [-0.15, -0.1) is 11.3 Å². The second kappa shape index (κ2) is 10.5. The summed E-state index contributed by atoms with van der Waals surface area (Å²) in [6.45, 7) is 8.33. The van der Waals surface area contributed by atoms with Gasteiger partial charge in [0.15, 0.2) is 5.78 Å². The maximum absolute atomic E-state index is 12.6. The van der Waals surface area contributed by atoms with E-state index >= 15 is 0 Å². The van der Waals surface area contributed by atoms with Gasteiger partial charge in [0, 0.05) is 6.54 Å². The zero-order valence-corrected chi connectivity index (χ0v) is 18.1. The summed E-state index contributed by atoms with van der Waals surface area (Å²) in [7, 11) is 0. The lowest BCUT2D eigenvalue weighted by atomic mass is 9.98. The number of likely N-dealkylation sites (tertiary alicyclic amines) is 1. The molecule has 0 aromatic carbocycles. The van der Waals surface area contributed by atoms with Crippen LogP contribution in [0.5, 0.6) is 0 Å². The SMILES string of the molecule is CCOC(=O)c1c(NC(=O)CN2CCCC(C(=O)OCC)C2)sc(C(C)=O)c1C. The van der Waals surface area contributed by atoms with Crippen molar-refractivity contribution in [3.05, 3.63) is 16.0 Å². The van der Waals surface area contributed by atoms with Gasteiger partial charge >= 0.3 is 11.9 Å². The third kappa shape index (κ3) is 5.86. The van der Waals surface area contributed by atoms with Crippen LogP contribution in [0, 0.1) is 12.8 Å². The summed E-state index contributed by atoms with van der Waals surface area (Å²) in [4.78, 5) is 51.1. The molecule has 0 radical (unpaired) electrons. The minimum atomic E-state index is -0.565.